The summed E-state index contributed by atoms with van der Waals surface area (Å²) in [6, 6.07) is 2.53. The van der Waals surface area contributed by atoms with Crippen LogP contribution >= 0.6 is 37.2 Å². The summed E-state index contributed by atoms with van der Waals surface area (Å²) < 4.78 is 5.76. The van der Waals surface area contributed by atoms with E-state index in [0.29, 0.717) is 6.04 Å². The van der Waals surface area contributed by atoms with Gasteiger partial charge in [0.2, 0.25) is 0 Å². The molecule has 7 heteroatoms. The van der Waals surface area contributed by atoms with Gasteiger partial charge in [0.25, 0.3) is 0 Å². The molecule has 1 N–H and O–H groups in total. The molecule has 19 heavy (non-hydrogen) atoms. The first-order valence-electron chi connectivity index (χ1n) is 5.75. The molecule has 1 aliphatic rings. The summed E-state index contributed by atoms with van der Waals surface area (Å²) in [6.07, 6.45) is 6.05. The molecule has 0 unspecified atom stereocenters. The fraction of sp³-hybridized carbons (Fsp3) is 0.583. The quantitative estimate of drug-likeness (QED) is 0.921. The molecule has 2 rings (SSSR count). The third kappa shape index (κ3) is 6.04. The monoisotopic (exact) mass is 329 g/mol. The van der Waals surface area contributed by atoms with E-state index in [1.54, 1.807) is 12.4 Å². The summed E-state index contributed by atoms with van der Waals surface area (Å²) in [4.78, 5) is 6.48. The van der Waals surface area contributed by atoms with Gasteiger partial charge in [-0.3, -0.25) is 4.98 Å². The number of likely N-dealkylation sites (tertiary alicyclic amines) is 1. The van der Waals surface area contributed by atoms with Crippen LogP contribution in [0.4, 0.5) is 5.69 Å². The highest BCUT2D eigenvalue weighted by Crippen LogP contribution is 2.18. The van der Waals surface area contributed by atoms with Crippen LogP contribution in [0.3, 0.4) is 0 Å². The van der Waals surface area contributed by atoms with E-state index in [1.807, 2.05) is 13.1 Å². The summed E-state index contributed by atoms with van der Waals surface area (Å²) in [6.45, 7) is 1.94. The predicted octanol–water partition coefficient (Wildman–Crippen LogP) is 2.86. The molecule has 1 fully saturated rings. The van der Waals surface area contributed by atoms with Crippen LogP contribution in [-0.4, -0.2) is 43.2 Å². The third-order valence-electron chi connectivity index (χ3n) is 3.12. The van der Waals surface area contributed by atoms with E-state index in [0.717, 1.165) is 18.0 Å². The maximum Gasteiger partial charge on any atom is 0.139 e. The highest BCUT2D eigenvalue weighted by molar-refractivity contribution is 5.86. The Labute approximate surface area is 133 Å². The molecule has 0 spiro atoms. The molecule has 2 heterocycles. The van der Waals surface area contributed by atoms with Gasteiger partial charge in [-0.05, 0) is 26.4 Å². The van der Waals surface area contributed by atoms with Crippen LogP contribution in [-0.2, 0) is 0 Å². The summed E-state index contributed by atoms with van der Waals surface area (Å²) in [5.41, 5.74) is 0.984. The number of ether oxygens (including phenoxy) is 1. The number of nitrogens with one attached hydrogen (secondary N) is 1. The molecule has 112 valence electrons. The molecule has 1 atom stereocenters. The van der Waals surface area contributed by atoms with Crippen LogP contribution in [0, 0.1) is 0 Å². The molecule has 0 bridgehead atoms. The zero-order chi connectivity index (χ0) is 11.4. The van der Waals surface area contributed by atoms with Gasteiger partial charge in [-0.2, -0.15) is 0 Å². The molecule has 0 aromatic carbocycles. The van der Waals surface area contributed by atoms with Crippen molar-refractivity contribution < 1.29 is 4.74 Å². The van der Waals surface area contributed by atoms with Crippen molar-refractivity contribution in [2.24, 2.45) is 0 Å². The topological polar surface area (TPSA) is 37.4 Å². The van der Waals surface area contributed by atoms with Crippen LogP contribution in [0.2, 0.25) is 0 Å². The predicted molar refractivity (Wildman–Crippen MR) is 86.7 cm³/mol. The zero-order valence-electron chi connectivity index (χ0n) is 11.2. The number of pyridine rings is 1. The second-order valence-electron chi connectivity index (χ2n) is 4.25. The van der Waals surface area contributed by atoms with Gasteiger partial charge >= 0.3 is 0 Å². The van der Waals surface area contributed by atoms with Gasteiger partial charge in [0.05, 0.1) is 18.1 Å². The Morgan fingerprint density at radius 3 is 2.68 bits per heavy atom. The van der Waals surface area contributed by atoms with E-state index in [4.69, 9.17) is 4.74 Å². The Balaban J connectivity index is 0. The molecule has 0 amide bonds. The van der Waals surface area contributed by atoms with Crippen LogP contribution < -0.4 is 10.1 Å². The number of anilines is 1. The normalized spacial score (nSPS) is 17.7. The highest BCUT2D eigenvalue weighted by atomic mass is 35.5. The third-order valence-corrected chi connectivity index (χ3v) is 3.12. The number of likely N-dealkylation sites (N-methyl/N-ethyl adjacent to an activating group) is 1. The fourth-order valence-corrected chi connectivity index (χ4v) is 2.02. The summed E-state index contributed by atoms with van der Waals surface area (Å²) >= 11 is 0. The molecule has 1 aromatic heterocycles. The van der Waals surface area contributed by atoms with Gasteiger partial charge in [-0.15, -0.1) is 37.2 Å². The average molecular weight is 331 g/mol. The largest absolute Gasteiger partial charge is 0.490 e. The molecular weight excluding hydrogens is 309 g/mol. The summed E-state index contributed by atoms with van der Waals surface area (Å²) in [7, 11) is 4.04. The van der Waals surface area contributed by atoms with Crippen molar-refractivity contribution in [3.8, 4) is 5.75 Å². The van der Waals surface area contributed by atoms with Crippen molar-refractivity contribution in [1.29, 1.82) is 0 Å². The van der Waals surface area contributed by atoms with Crippen LogP contribution in [0.1, 0.15) is 12.8 Å². The Bertz CT molecular complexity index is 355. The minimum Gasteiger partial charge on any atom is -0.490 e. The number of hydrogen-bond acceptors (Lipinski definition) is 4. The van der Waals surface area contributed by atoms with Gasteiger partial charge in [0.1, 0.15) is 12.4 Å². The molecule has 4 nitrogen and oxygen atoms in total. The van der Waals surface area contributed by atoms with E-state index in [1.165, 1.54) is 19.4 Å². The Morgan fingerprint density at radius 2 is 2.11 bits per heavy atom. The first-order chi connectivity index (χ1) is 7.79. The summed E-state index contributed by atoms with van der Waals surface area (Å²) in [5.74, 6) is 0.840. The molecule has 1 aromatic rings. The molecule has 1 aliphatic heterocycles. The van der Waals surface area contributed by atoms with E-state index in [9.17, 15) is 0 Å². The van der Waals surface area contributed by atoms with Gasteiger partial charge < -0.3 is 15.0 Å². The Kier molecular flexibility index (Phi) is 11.4. The van der Waals surface area contributed by atoms with Crippen molar-refractivity contribution in [1.82, 2.24) is 9.88 Å². The van der Waals surface area contributed by atoms with Crippen LogP contribution in [0.15, 0.2) is 18.5 Å². The second kappa shape index (κ2) is 10.4. The lowest BCUT2D eigenvalue weighted by molar-refractivity contribution is 0.198. The Morgan fingerprint density at radius 1 is 1.37 bits per heavy atom. The van der Waals surface area contributed by atoms with Crippen molar-refractivity contribution in [2.45, 2.75) is 18.9 Å². The van der Waals surface area contributed by atoms with E-state index in [-0.39, 0.29) is 37.2 Å². The smallest absolute Gasteiger partial charge is 0.139 e. The van der Waals surface area contributed by atoms with Gasteiger partial charge in [0, 0.05) is 19.2 Å². The fourth-order valence-electron chi connectivity index (χ4n) is 2.02. The van der Waals surface area contributed by atoms with Crippen LogP contribution in [0.5, 0.6) is 5.75 Å². The molecule has 0 aliphatic carbocycles. The lowest BCUT2D eigenvalue weighted by atomic mass is 10.2. The van der Waals surface area contributed by atoms with Crippen molar-refractivity contribution in [3.05, 3.63) is 18.5 Å². The van der Waals surface area contributed by atoms with Gasteiger partial charge in [-0.1, -0.05) is 0 Å². The first-order valence-corrected chi connectivity index (χ1v) is 5.75. The van der Waals surface area contributed by atoms with Crippen molar-refractivity contribution in [3.63, 3.8) is 0 Å². The van der Waals surface area contributed by atoms with Crippen molar-refractivity contribution in [2.75, 3.05) is 32.6 Å². The number of halogens is 3. The maximum atomic E-state index is 5.76. The minimum atomic E-state index is 0. The van der Waals surface area contributed by atoms with E-state index >= 15 is 0 Å². The lowest BCUT2D eigenvalue weighted by Gasteiger charge is -2.19. The van der Waals surface area contributed by atoms with E-state index in [2.05, 4.69) is 22.2 Å². The van der Waals surface area contributed by atoms with Gasteiger partial charge in [-0.25, -0.2) is 0 Å². The standard InChI is InChI=1S/C12H19N3O.3ClH/c1-13-10-6-12(8-14-7-10)16-9-11-4-3-5-15(11)2;;;/h6-8,11,13H,3-5,9H2,1-2H3;3*1H/t11-;;;/m0.../s1. The number of hydrogen-bond donors (Lipinski definition) is 1. The van der Waals surface area contributed by atoms with Crippen molar-refractivity contribution >= 4 is 42.9 Å². The molecule has 0 saturated carbocycles. The number of rotatable bonds is 4. The van der Waals surface area contributed by atoms with Gasteiger partial charge in [0.15, 0.2) is 0 Å². The number of nitrogens with zero attached hydrogens (tertiary/aromatic N) is 2. The maximum absolute atomic E-state index is 5.76. The Hall–Kier alpha value is -0.420. The summed E-state index contributed by atoms with van der Waals surface area (Å²) in [5, 5.41) is 3.05. The van der Waals surface area contributed by atoms with E-state index < -0.39 is 0 Å². The average Bonchev–Trinajstić information content (AvgIpc) is 2.72. The second-order valence-corrected chi connectivity index (χ2v) is 4.25. The minimum absolute atomic E-state index is 0. The molecule has 1 saturated heterocycles. The SMILES string of the molecule is CNc1cncc(OC[C@@H]2CCCN2C)c1.Cl.Cl.Cl. The zero-order valence-corrected chi connectivity index (χ0v) is 13.6. The first kappa shape index (κ1) is 20.9. The van der Waals surface area contributed by atoms with Crippen LogP contribution in [0.25, 0.3) is 0 Å². The molecule has 0 radical (unpaired) electrons. The highest BCUT2D eigenvalue weighted by Gasteiger charge is 2.21. The number of aromatic nitrogens is 1. The lowest BCUT2D eigenvalue weighted by Crippen LogP contribution is -2.30. The molecular formula is C12H22Cl3N3O.